The van der Waals surface area contributed by atoms with Gasteiger partial charge in [0.1, 0.15) is 0 Å². The van der Waals surface area contributed by atoms with Crippen molar-refractivity contribution in [3.8, 4) is 0 Å². The summed E-state index contributed by atoms with van der Waals surface area (Å²) in [7, 11) is -1.38. The molecule has 0 amide bonds. The quantitative estimate of drug-likeness (QED) is 0.587. The molecular weight excluding hydrogens is 244 g/mol. The number of hydrogen-bond donors (Lipinski definition) is 0. The van der Waals surface area contributed by atoms with Crippen molar-refractivity contribution < 1.29 is 0 Å². The van der Waals surface area contributed by atoms with Crippen molar-refractivity contribution in [2.75, 3.05) is 0 Å². The van der Waals surface area contributed by atoms with E-state index in [1.807, 2.05) is 6.07 Å². The Morgan fingerprint density at radius 3 is 2.41 bits per heavy atom. The lowest BCUT2D eigenvalue weighted by Gasteiger charge is -2.12. The number of hydrogen-bond acceptors (Lipinski definition) is 0. The predicted octanol–water partition coefficient (Wildman–Crippen LogP) is 3.25. The molecule has 2 aromatic carbocycles. The van der Waals surface area contributed by atoms with Crippen molar-refractivity contribution in [1.82, 2.24) is 0 Å². The normalized spacial score (nSPS) is 12.4. The lowest BCUT2D eigenvalue weighted by atomic mass is 10.2. The Hall–Kier alpha value is -1.05. The molecule has 1 unspecified atom stereocenters. The molecule has 0 saturated carbocycles. The SMILES string of the molecule is Cc1ccc(C)c([SiH](Cl)Cc2ccccc2)c1. The van der Waals surface area contributed by atoms with E-state index in [2.05, 4.69) is 56.3 Å². The summed E-state index contributed by atoms with van der Waals surface area (Å²) in [5, 5.41) is 1.38. The largest absolute Gasteiger partial charge is 0.176 e. The second-order valence-corrected chi connectivity index (χ2v) is 8.06. The summed E-state index contributed by atoms with van der Waals surface area (Å²) in [6, 6.07) is 18.1. The Bertz CT molecular complexity index is 494. The van der Waals surface area contributed by atoms with Crippen LogP contribution in [0.4, 0.5) is 0 Å². The highest BCUT2D eigenvalue weighted by Gasteiger charge is 2.13. The van der Waals surface area contributed by atoms with Crippen LogP contribution < -0.4 is 5.19 Å². The monoisotopic (exact) mass is 260 g/mol. The highest BCUT2D eigenvalue weighted by atomic mass is 35.6. The van der Waals surface area contributed by atoms with Crippen LogP contribution >= 0.6 is 11.1 Å². The fourth-order valence-corrected chi connectivity index (χ4v) is 5.21. The highest BCUT2D eigenvalue weighted by Crippen LogP contribution is 2.09. The van der Waals surface area contributed by atoms with Crippen molar-refractivity contribution in [3.63, 3.8) is 0 Å². The number of halogens is 1. The predicted molar refractivity (Wildman–Crippen MR) is 78.7 cm³/mol. The van der Waals surface area contributed by atoms with E-state index in [0.717, 1.165) is 6.04 Å². The van der Waals surface area contributed by atoms with Gasteiger partial charge in [0, 0.05) is 0 Å². The molecule has 0 saturated heterocycles. The fourth-order valence-electron chi connectivity index (χ4n) is 2.03. The van der Waals surface area contributed by atoms with Crippen molar-refractivity contribution in [1.29, 1.82) is 0 Å². The molecule has 17 heavy (non-hydrogen) atoms. The first-order valence-corrected chi connectivity index (χ1v) is 9.06. The topological polar surface area (TPSA) is 0 Å². The van der Waals surface area contributed by atoms with E-state index >= 15 is 0 Å². The summed E-state index contributed by atoms with van der Waals surface area (Å²) >= 11 is 6.66. The van der Waals surface area contributed by atoms with Gasteiger partial charge in [0.15, 0.2) is 8.11 Å². The lowest BCUT2D eigenvalue weighted by Crippen LogP contribution is -2.29. The minimum atomic E-state index is -1.38. The van der Waals surface area contributed by atoms with Crippen LogP contribution in [0.2, 0.25) is 0 Å². The average molecular weight is 261 g/mol. The van der Waals surface area contributed by atoms with Gasteiger partial charge >= 0.3 is 0 Å². The Balaban J connectivity index is 2.20. The van der Waals surface area contributed by atoms with Gasteiger partial charge in [-0.2, -0.15) is 11.1 Å². The first kappa shape index (κ1) is 12.4. The van der Waals surface area contributed by atoms with Crippen LogP contribution in [0, 0.1) is 13.8 Å². The summed E-state index contributed by atoms with van der Waals surface area (Å²) in [5.41, 5.74) is 3.98. The van der Waals surface area contributed by atoms with E-state index in [4.69, 9.17) is 11.1 Å². The summed E-state index contributed by atoms with van der Waals surface area (Å²) in [4.78, 5) is 0. The molecule has 0 spiro atoms. The Morgan fingerprint density at radius 1 is 1.00 bits per heavy atom. The van der Waals surface area contributed by atoms with Crippen molar-refractivity contribution in [2.24, 2.45) is 0 Å². The van der Waals surface area contributed by atoms with E-state index in [1.54, 1.807) is 0 Å². The first-order valence-electron chi connectivity index (χ1n) is 5.92. The zero-order chi connectivity index (χ0) is 12.3. The van der Waals surface area contributed by atoms with Gasteiger partial charge in [0.25, 0.3) is 0 Å². The molecule has 0 aliphatic rings. The zero-order valence-electron chi connectivity index (χ0n) is 10.3. The van der Waals surface area contributed by atoms with Crippen molar-refractivity contribution in [2.45, 2.75) is 19.9 Å². The molecule has 0 N–H and O–H groups in total. The van der Waals surface area contributed by atoms with Gasteiger partial charge in [-0.25, -0.2) is 0 Å². The second kappa shape index (κ2) is 5.52. The maximum absolute atomic E-state index is 6.66. The van der Waals surface area contributed by atoms with E-state index < -0.39 is 8.11 Å². The summed E-state index contributed by atoms with van der Waals surface area (Å²) in [6.45, 7) is 4.28. The van der Waals surface area contributed by atoms with Crippen molar-refractivity contribution >= 4 is 24.4 Å². The van der Waals surface area contributed by atoms with Gasteiger partial charge in [0.05, 0.1) is 0 Å². The van der Waals surface area contributed by atoms with Crippen molar-refractivity contribution in [3.05, 3.63) is 65.2 Å². The third-order valence-corrected chi connectivity index (χ3v) is 6.32. The third kappa shape index (κ3) is 3.21. The van der Waals surface area contributed by atoms with Crippen LogP contribution in [0.5, 0.6) is 0 Å². The Morgan fingerprint density at radius 2 is 1.71 bits per heavy atom. The van der Waals surface area contributed by atoms with Crippen LogP contribution in [-0.2, 0) is 6.04 Å². The molecule has 1 atom stereocenters. The minimum absolute atomic E-state index is 1.02. The van der Waals surface area contributed by atoms with E-state index in [0.29, 0.717) is 0 Å². The Kier molecular flexibility index (Phi) is 4.03. The molecule has 0 nitrogen and oxygen atoms in total. The molecule has 0 bridgehead atoms. The smallest absolute Gasteiger partial charge is 0.165 e. The Labute approximate surface area is 110 Å². The fraction of sp³-hybridized carbons (Fsp3) is 0.200. The summed E-state index contributed by atoms with van der Waals surface area (Å²) in [6.07, 6.45) is 0. The molecule has 88 valence electrons. The van der Waals surface area contributed by atoms with Gasteiger partial charge in [-0.15, -0.1) is 0 Å². The van der Waals surface area contributed by atoms with Gasteiger partial charge in [-0.05, 0) is 30.6 Å². The third-order valence-electron chi connectivity index (χ3n) is 3.03. The van der Waals surface area contributed by atoms with Gasteiger partial charge in [-0.3, -0.25) is 0 Å². The number of rotatable bonds is 3. The maximum atomic E-state index is 6.66. The van der Waals surface area contributed by atoms with E-state index in [1.165, 1.54) is 21.9 Å². The zero-order valence-corrected chi connectivity index (χ0v) is 12.2. The van der Waals surface area contributed by atoms with Gasteiger partial charge in [-0.1, -0.05) is 59.7 Å². The van der Waals surface area contributed by atoms with Crippen LogP contribution in [-0.4, -0.2) is 8.11 Å². The van der Waals surface area contributed by atoms with Gasteiger partial charge in [0.2, 0.25) is 0 Å². The second-order valence-electron chi connectivity index (χ2n) is 4.52. The molecule has 0 radical (unpaired) electrons. The summed E-state index contributed by atoms with van der Waals surface area (Å²) in [5.74, 6) is 0. The van der Waals surface area contributed by atoms with Crippen LogP contribution in [0.3, 0.4) is 0 Å². The molecule has 0 fully saturated rings. The van der Waals surface area contributed by atoms with E-state index in [-0.39, 0.29) is 0 Å². The molecule has 0 aliphatic carbocycles. The highest BCUT2D eigenvalue weighted by molar-refractivity contribution is 7.14. The standard InChI is InChI=1S/C15H17ClSi/c1-12-8-9-13(2)15(10-12)17(16)11-14-6-4-3-5-7-14/h3-10,17H,11H2,1-2H3. The van der Waals surface area contributed by atoms with Crippen LogP contribution in [0.1, 0.15) is 16.7 Å². The van der Waals surface area contributed by atoms with E-state index in [9.17, 15) is 0 Å². The van der Waals surface area contributed by atoms with Crippen LogP contribution in [0.15, 0.2) is 48.5 Å². The molecular formula is C15H17ClSi. The molecule has 2 rings (SSSR count). The molecule has 0 aromatic heterocycles. The maximum Gasteiger partial charge on any atom is 0.176 e. The summed E-state index contributed by atoms with van der Waals surface area (Å²) < 4.78 is 0. The molecule has 0 aliphatic heterocycles. The number of benzene rings is 2. The average Bonchev–Trinajstić information content (AvgIpc) is 2.33. The number of aryl methyl sites for hydroxylation is 2. The molecule has 2 heteroatoms. The van der Waals surface area contributed by atoms with Gasteiger partial charge < -0.3 is 0 Å². The van der Waals surface area contributed by atoms with Crippen LogP contribution in [0.25, 0.3) is 0 Å². The first-order chi connectivity index (χ1) is 8.16. The molecule has 2 aromatic rings. The minimum Gasteiger partial charge on any atom is -0.165 e. The molecule has 0 heterocycles. The lowest BCUT2D eigenvalue weighted by molar-refractivity contribution is 1.37.